The Balaban J connectivity index is 2.89. The number of rotatable bonds is 1. The van der Waals surface area contributed by atoms with E-state index in [0.717, 1.165) is 10.4 Å². The second-order valence-electron chi connectivity index (χ2n) is 2.17. The molecule has 0 aliphatic rings. The van der Waals surface area contributed by atoms with Gasteiger partial charge in [-0.3, -0.25) is 4.40 Å². The number of nitrogens with two attached hydrogens (primary N) is 1. The average molecular weight is 181 g/mol. The van der Waals surface area contributed by atoms with Crippen LogP contribution in [0.5, 0.6) is 0 Å². The van der Waals surface area contributed by atoms with Gasteiger partial charge in [-0.25, -0.2) is 4.98 Å². The van der Waals surface area contributed by atoms with Crippen LogP contribution in [-0.4, -0.2) is 25.8 Å². The van der Waals surface area contributed by atoms with Gasteiger partial charge >= 0.3 is 0 Å². The summed E-state index contributed by atoms with van der Waals surface area (Å²) in [6, 6.07) is 0. The van der Waals surface area contributed by atoms with Crippen molar-refractivity contribution in [3.63, 3.8) is 0 Å². The van der Waals surface area contributed by atoms with Crippen LogP contribution in [0.2, 0.25) is 0 Å². The molecule has 0 saturated heterocycles. The van der Waals surface area contributed by atoms with Crippen molar-refractivity contribution >= 4 is 23.7 Å². The fraction of sp³-hybridized carbons (Fsp3) is 0.167. The average Bonchev–Trinajstić information content (AvgIpc) is 2.61. The molecule has 2 aromatic heterocycles. The van der Waals surface area contributed by atoms with Crippen LogP contribution in [0.4, 0.5) is 0 Å². The lowest BCUT2D eigenvalue weighted by molar-refractivity contribution is 1.04. The highest BCUT2D eigenvalue weighted by molar-refractivity contribution is 7.98. The molecule has 0 unspecified atom stereocenters. The van der Waals surface area contributed by atoms with E-state index in [1.165, 1.54) is 18.0 Å². The summed E-state index contributed by atoms with van der Waals surface area (Å²) in [5.74, 6) is 0.594. The Bertz CT molecular complexity index is 448. The first-order valence-electron chi connectivity index (χ1n) is 3.32. The summed E-state index contributed by atoms with van der Waals surface area (Å²) in [6.45, 7) is 0. The van der Waals surface area contributed by atoms with E-state index < -0.39 is 0 Å². The van der Waals surface area contributed by atoms with Crippen LogP contribution in [0.1, 0.15) is 0 Å². The number of hydrogen-bond acceptors (Lipinski definition) is 5. The van der Waals surface area contributed by atoms with Gasteiger partial charge in [0.1, 0.15) is 11.4 Å². The van der Waals surface area contributed by atoms with E-state index >= 15 is 0 Å². The lowest BCUT2D eigenvalue weighted by atomic mass is 10.7. The maximum absolute atomic E-state index is 5.44. The van der Waals surface area contributed by atoms with Gasteiger partial charge in [0.25, 0.3) is 5.78 Å². The van der Waals surface area contributed by atoms with Gasteiger partial charge in [0.2, 0.25) is 0 Å². The second-order valence-corrected chi connectivity index (χ2v) is 2.97. The van der Waals surface area contributed by atoms with Gasteiger partial charge in [-0.1, -0.05) is 0 Å². The molecule has 2 heterocycles. The Labute approximate surface area is 72.7 Å². The van der Waals surface area contributed by atoms with Gasteiger partial charge < -0.3 is 5.73 Å². The summed E-state index contributed by atoms with van der Waals surface area (Å²) in [7, 11) is 0. The number of aromatic nitrogens is 4. The molecule has 0 atom stereocenters. The van der Waals surface area contributed by atoms with E-state index in [1.54, 1.807) is 10.7 Å². The molecule has 0 saturated carbocycles. The predicted octanol–water partition coefficient (Wildman–Crippen LogP) is -0.738. The zero-order valence-corrected chi connectivity index (χ0v) is 7.25. The summed E-state index contributed by atoms with van der Waals surface area (Å²) in [4.78, 5) is 4.20. The quantitative estimate of drug-likeness (QED) is 0.587. The SMILES string of the molecule is CSc1nc2nncn2/c1=C/N. The third kappa shape index (κ3) is 0.845. The Kier molecular flexibility index (Phi) is 1.61. The van der Waals surface area contributed by atoms with Crippen molar-refractivity contribution in [3.8, 4) is 0 Å². The third-order valence-electron chi connectivity index (χ3n) is 1.56. The molecule has 0 aliphatic carbocycles. The van der Waals surface area contributed by atoms with E-state index in [2.05, 4.69) is 15.2 Å². The molecule has 0 amide bonds. The van der Waals surface area contributed by atoms with Gasteiger partial charge in [-0.05, 0) is 6.26 Å². The molecule has 0 aromatic carbocycles. The minimum Gasteiger partial charge on any atom is -0.403 e. The van der Waals surface area contributed by atoms with E-state index in [4.69, 9.17) is 5.73 Å². The van der Waals surface area contributed by atoms with Crippen LogP contribution < -0.4 is 11.1 Å². The Morgan fingerprint density at radius 3 is 3.17 bits per heavy atom. The largest absolute Gasteiger partial charge is 0.403 e. The fourth-order valence-electron chi connectivity index (χ4n) is 1.03. The van der Waals surface area contributed by atoms with Crippen LogP contribution in [-0.2, 0) is 0 Å². The summed E-state index contributed by atoms with van der Waals surface area (Å²) >= 11 is 1.54. The summed E-state index contributed by atoms with van der Waals surface area (Å²) in [5.41, 5.74) is 5.44. The maximum atomic E-state index is 5.44. The molecule has 0 fully saturated rings. The molecular weight excluding hydrogens is 174 g/mol. The molecule has 2 N–H and O–H groups in total. The van der Waals surface area contributed by atoms with Crippen molar-refractivity contribution < 1.29 is 0 Å². The molecule has 2 aromatic rings. The Morgan fingerprint density at radius 1 is 1.67 bits per heavy atom. The highest BCUT2D eigenvalue weighted by Gasteiger charge is 2.05. The third-order valence-corrected chi connectivity index (χ3v) is 2.25. The Morgan fingerprint density at radius 2 is 2.50 bits per heavy atom. The maximum Gasteiger partial charge on any atom is 0.256 e. The highest BCUT2D eigenvalue weighted by Crippen LogP contribution is 2.06. The van der Waals surface area contributed by atoms with Gasteiger partial charge in [-0.15, -0.1) is 22.0 Å². The monoisotopic (exact) mass is 181 g/mol. The van der Waals surface area contributed by atoms with Gasteiger partial charge in [0.05, 0.1) is 5.35 Å². The lowest BCUT2D eigenvalue weighted by Gasteiger charge is -1.84. The second kappa shape index (κ2) is 2.63. The number of thioether (sulfide) groups is 1. The molecule has 2 rings (SSSR count). The number of imidazole rings is 1. The zero-order chi connectivity index (χ0) is 8.55. The van der Waals surface area contributed by atoms with E-state index in [0.29, 0.717) is 5.78 Å². The summed E-state index contributed by atoms with van der Waals surface area (Å²) < 4.78 is 1.76. The van der Waals surface area contributed by atoms with Crippen LogP contribution in [0.3, 0.4) is 0 Å². The molecule has 12 heavy (non-hydrogen) atoms. The molecule has 0 radical (unpaired) electrons. The van der Waals surface area contributed by atoms with E-state index in [9.17, 15) is 0 Å². The van der Waals surface area contributed by atoms with Crippen molar-refractivity contribution in [2.24, 2.45) is 5.73 Å². The number of hydrogen-bond donors (Lipinski definition) is 1. The van der Waals surface area contributed by atoms with Crippen LogP contribution in [0.25, 0.3) is 12.0 Å². The van der Waals surface area contributed by atoms with Gasteiger partial charge in [-0.2, -0.15) is 0 Å². The van der Waals surface area contributed by atoms with Crippen LogP contribution in [0, 0.1) is 0 Å². The summed E-state index contributed by atoms with van der Waals surface area (Å²) in [6.07, 6.45) is 5.05. The fourth-order valence-corrected chi connectivity index (χ4v) is 1.58. The lowest BCUT2D eigenvalue weighted by Crippen LogP contribution is -2.11. The molecule has 0 aliphatic heterocycles. The first kappa shape index (κ1) is 7.35. The molecular formula is C6H7N5S. The minimum absolute atomic E-state index is 0.594. The van der Waals surface area contributed by atoms with E-state index in [-0.39, 0.29) is 0 Å². The molecule has 0 bridgehead atoms. The van der Waals surface area contributed by atoms with Crippen molar-refractivity contribution in [3.05, 3.63) is 11.7 Å². The smallest absolute Gasteiger partial charge is 0.256 e. The van der Waals surface area contributed by atoms with Crippen molar-refractivity contribution in [1.82, 2.24) is 19.6 Å². The molecule has 0 spiro atoms. The van der Waals surface area contributed by atoms with Crippen LogP contribution >= 0.6 is 11.8 Å². The van der Waals surface area contributed by atoms with Crippen molar-refractivity contribution in [2.75, 3.05) is 6.26 Å². The molecule has 6 heteroatoms. The zero-order valence-electron chi connectivity index (χ0n) is 6.43. The number of nitrogens with zero attached hydrogens (tertiary/aromatic N) is 4. The van der Waals surface area contributed by atoms with Crippen molar-refractivity contribution in [1.29, 1.82) is 0 Å². The first-order valence-corrected chi connectivity index (χ1v) is 4.54. The molecule has 62 valence electrons. The minimum atomic E-state index is 0.594. The number of fused-ring (bicyclic) bond motifs is 1. The highest BCUT2D eigenvalue weighted by atomic mass is 32.2. The topological polar surface area (TPSA) is 69.1 Å². The van der Waals surface area contributed by atoms with Gasteiger partial charge in [0.15, 0.2) is 0 Å². The summed E-state index contributed by atoms with van der Waals surface area (Å²) in [5, 5.41) is 9.25. The first-order chi connectivity index (χ1) is 5.86. The van der Waals surface area contributed by atoms with Crippen molar-refractivity contribution in [2.45, 2.75) is 5.03 Å². The predicted molar refractivity (Wildman–Crippen MR) is 46.4 cm³/mol. The van der Waals surface area contributed by atoms with E-state index in [1.807, 2.05) is 6.26 Å². The normalized spacial score (nSPS) is 12.9. The van der Waals surface area contributed by atoms with Crippen LogP contribution in [0.15, 0.2) is 11.4 Å². The molecule has 5 nitrogen and oxygen atoms in total. The Hall–Kier alpha value is -1.30. The standard InChI is InChI=1S/C6H7N5S/c1-12-5-4(2-7)11-3-8-10-6(11)9-5/h2-3H,7H2,1H3/b4-2+. The van der Waals surface area contributed by atoms with Gasteiger partial charge in [0, 0.05) is 6.20 Å².